The van der Waals surface area contributed by atoms with E-state index in [1.807, 2.05) is 0 Å². The zero-order chi connectivity index (χ0) is 34.4. The lowest BCUT2D eigenvalue weighted by Gasteiger charge is -2.24. The quantitative estimate of drug-likeness (QED) is 0.0915. The van der Waals surface area contributed by atoms with Gasteiger partial charge >= 0.3 is 11.9 Å². The monoisotopic (exact) mass is 650 g/mol. The van der Waals surface area contributed by atoms with Crippen LogP contribution in [0.3, 0.4) is 0 Å². The van der Waals surface area contributed by atoms with Gasteiger partial charge in [0.25, 0.3) is 0 Å². The minimum atomic E-state index is -0.0758. The number of esters is 2. The predicted molar refractivity (Wildman–Crippen MR) is 198 cm³/mol. The summed E-state index contributed by atoms with van der Waals surface area (Å²) in [4.78, 5) is 27.6. The smallest absolute Gasteiger partial charge is 0.309 e. The first-order chi connectivity index (χ1) is 22.6. The lowest BCUT2D eigenvalue weighted by molar-refractivity contribution is -0.149. The molecule has 0 aliphatic heterocycles. The van der Waals surface area contributed by atoms with Crippen molar-refractivity contribution < 1.29 is 19.1 Å². The second-order valence-corrected chi connectivity index (χ2v) is 14.3. The number of hydrogen-bond donors (Lipinski definition) is 0. The highest BCUT2D eigenvalue weighted by Crippen LogP contribution is 2.29. The molecule has 0 spiro atoms. The van der Waals surface area contributed by atoms with Crippen molar-refractivity contribution in [1.82, 2.24) is 4.90 Å². The van der Waals surface area contributed by atoms with Crippen LogP contribution in [0.4, 0.5) is 0 Å². The number of likely N-dealkylation sites (N-methyl/N-ethyl adjacent to an activating group) is 1. The summed E-state index contributed by atoms with van der Waals surface area (Å²) in [6.07, 6.45) is 28.1. The van der Waals surface area contributed by atoms with E-state index in [1.54, 1.807) is 0 Å². The Morgan fingerprint density at radius 3 is 1.45 bits per heavy atom. The van der Waals surface area contributed by atoms with Gasteiger partial charge in [-0.2, -0.15) is 0 Å². The third-order valence-electron chi connectivity index (χ3n) is 9.53. The van der Waals surface area contributed by atoms with E-state index in [4.69, 9.17) is 9.47 Å². The Bertz CT molecular complexity index is 1060. The Balaban J connectivity index is 1.59. The summed E-state index contributed by atoms with van der Waals surface area (Å²) >= 11 is 0. The third-order valence-corrected chi connectivity index (χ3v) is 9.53. The Labute approximate surface area is 288 Å². The zero-order valence-electron chi connectivity index (χ0n) is 31.1. The van der Waals surface area contributed by atoms with E-state index >= 15 is 0 Å². The van der Waals surface area contributed by atoms with Gasteiger partial charge in [-0.25, -0.2) is 0 Å². The van der Waals surface area contributed by atoms with Crippen molar-refractivity contribution in [2.75, 3.05) is 32.8 Å². The molecule has 2 aliphatic carbocycles. The number of nitrogens with zero attached hydrogens (tertiary/aromatic N) is 1. The molecule has 2 rings (SSSR count). The van der Waals surface area contributed by atoms with Crippen LogP contribution in [-0.2, 0) is 19.1 Å². The minimum absolute atomic E-state index is 0.0284. The molecule has 0 radical (unpaired) electrons. The number of allylic oxidation sites excluding steroid dienone is 12. The Morgan fingerprint density at radius 1 is 0.681 bits per heavy atom. The van der Waals surface area contributed by atoms with Gasteiger partial charge in [0.1, 0.15) is 13.2 Å². The SMILES string of the molecule is CCN(CCOC(=O)C1CC=C(CC/C=C(\C)CCC=C(C)C)CC1)CCOC(=O)C1CC=C(CC/C=C(\C)CCC=C(C)C)CC1. The summed E-state index contributed by atoms with van der Waals surface area (Å²) in [5.41, 5.74) is 8.65. The average molecular weight is 650 g/mol. The number of rotatable bonds is 21. The van der Waals surface area contributed by atoms with Gasteiger partial charge in [-0.3, -0.25) is 14.5 Å². The molecule has 2 unspecified atom stereocenters. The molecule has 0 saturated carbocycles. The molecule has 5 heteroatoms. The fourth-order valence-electron chi connectivity index (χ4n) is 6.26. The molecule has 0 saturated heterocycles. The lowest BCUT2D eigenvalue weighted by atomic mass is 9.87. The molecule has 0 aromatic carbocycles. The summed E-state index contributed by atoms with van der Waals surface area (Å²) in [6.45, 7) is 18.1. The fraction of sp³-hybridized carbons (Fsp3) is 0.667. The first-order valence-electron chi connectivity index (χ1n) is 18.6. The average Bonchev–Trinajstić information content (AvgIpc) is 3.04. The molecule has 2 aliphatic rings. The van der Waals surface area contributed by atoms with Crippen LogP contribution in [0.15, 0.2) is 69.9 Å². The van der Waals surface area contributed by atoms with Crippen molar-refractivity contribution in [3.05, 3.63) is 69.9 Å². The third kappa shape index (κ3) is 18.5. The molecule has 0 aromatic rings. The molecular weight excluding hydrogens is 582 g/mol. The van der Waals surface area contributed by atoms with Gasteiger partial charge in [-0.1, -0.05) is 76.8 Å². The Hall–Kier alpha value is -2.66. The number of carbonyl (C=O) groups is 2. The molecule has 2 atom stereocenters. The van der Waals surface area contributed by atoms with Gasteiger partial charge in [0.2, 0.25) is 0 Å². The molecule has 264 valence electrons. The second-order valence-electron chi connectivity index (χ2n) is 14.3. The van der Waals surface area contributed by atoms with Crippen molar-refractivity contribution >= 4 is 11.9 Å². The van der Waals surface area contributed by atoms with E-state index in [2.05, 4.69) is 89.8 Å². The highest BCUT2D eigenvalue weighted by Gasteiger charge is 2.24. The standard InChI is InChI=1S/C42H67NO4/c1-8-43(29-31-46-41(44)39-25-21-37(22-26-39)19-11-17-35(6)15-9-13-33(2)3)30-32-47-42(45)40-27-23-38(24-28-40)20-12-18-36(7)16-10-14-34(4)5/h13-14,17-18,21,23,39-40H,8-12,15-16,19-20,22,24-32H2,1-7H3/b35-17+,36-18+. The van der Waals surface area contributed by atoms with Crippen LogP contribution in [0, 0.1) is 11.8 Å². The first-order valence-corrected chi connectivity index (χ1v) is 18.6. The lowest BCUT2D eigenvalue weighted by Crippen LogP contribution is -2.33. The van der Waals surface area contributed by atoms with Crippen LogP contribution in [0.2, 0.25) is 0 Å². The van der Waals surface area contributed by atoms with Crippen LogP contribution >= 0.6 is 0 Å². The number of ether oxygens (including phenoxy) is 2. The minimum Gasteiger partial charge on any atom is -0.464 e. The molecule has 5 nitrogen and oxygen atoms in total. The van der Waals surface area contributed by atoms with Crippen molar-refractivity contribution in [2.24, 2.45) is 11.8 Å². The van der Waals surface area contributed by atoms with E-state index in [0.717, 1.165) is 96.4 Å². The molecule has 0 amide bonds. The van der Waals surface area contributed by atoms with Crippen LogP contribution in [0.25, 0.3) is 0 Å². The number of hydrogen-bond acceptors (Lipinski definition) is 5. The topological polar surface area (TPSA) is 55.8 Å². The summed E-state index contributed by atoms with van der Waals surface area (Å²) in [5.74, 6) is -0.208. The Kier molecular flexibility index (Phi) is 20.4. The summed E-state index contributed by atoms with van der Waals surface area (Å²) < 4.78 is 11.3. The molecular formula is C42H67NO4. The molecule has 0 bridgehead atoms. The summed E-state index contributed by atoms with van der Waals surface area (Å²) in [6, 6.07) is 0. The highest BCUT2D eigenvalue weighted by molar-refractivity contribution is 5.73. The van der Waals surface area contributed by atoms with E-state index in [0.29, 0.717) is 26.3 Å². The van der Waals surface area contributed by atoms with Gasteiger partial charge < -0.3 is 9.47 Å². The van der Waals surface area contributed by atoms with Gasteiger partial charge in [0, 0.05) is 13.1 Å². The fourth-order valence-corrected chi connectivity index (χ4v) is 6.26. The van der Waals surface area contributed by atoms with E-state index in [1.165, 1.54) is 33.4 Å². The Morgan fingerprint density at radius 2 is 1.11 bits per heavy atom. The van der Waals surface area contributed by atoms with Gasteiger partial charge in [0.15, 0.2) is 0 Å². The van der Waals surface area contributed by atoms with Crippen LogP contribution in [0.1, 0.15) is 138 Å². The largest absolute Gasteiger partial charge is 0.464 e. The zero-order valence-corrected chi connectivity index (χ0v) is 31.1. The van der Waals surface area contributed by atoms with Crippen molar-refractivity contribution in [1.29, 1.82) is 0 Å². The highest BCUT2D eigenvalue weighted by atomic mass is 16.5. The summed E-state index contributed by atoms with van der Waals surface area (Å²) in [7, 11) is 0. The first kappa shape index (κ1) is 40.5. The van der Waals surface area contributed by atoms with E-state index in [9.17, 15) is 9.59 Å². The predicted octanol–water partition coefficient (Wildman–Crippen LogP) is 10.8. The van der Waals surface area contributed by atoms with Crippen molar-refractivity contribution in [3.63, 3.8) is 0 Å². The van der Waals surface area contributed by atoms with Crippen molar-refractivity contribution in [2.45, 2.75) is 138 Å². The molecule has 0 N–H and O–H groups in total. The van der Waals surface area contributed by atoms with Gasteiger partial charge in [-0.15, -0.1) is 0 Å². The van der Waals surface area contributed by atoms with Crippen molar-refractivity contribution in [3.8, 4) is 0 Å². The summed E-state index contributed by atoms with van der Waals surface area (Å²) in [5, 5.41) is 0. The maximum absolute atomic E-state index is 12.7. The van der Waals surface area contributed by atoms with Gasteiger partial charge in [-0.05, 0) is 138 Å². The normalized spacial score (nSPS) is 18.7. The molecule has 0 heterocycles. The second kappa shape index (κ2) is 23.6. The number of carbonyl (C=O) groups excluding carboxylic acids is 2. The maximum Gasteiger partial charge on any atom is 0.309 e. The van der Waals surface area contributed by atoms with Crippen LogP contribution in [0.5, 0.6) is 0 Å². The van der Waals surface area contributed by atoms with E-state index < -0.39 is 0 Å². The maximum atomic E-state index is 12.7. The molecule has 0 aromatic heterocycles. The molecule has 47 heavy (non-hydrogen) atoms. The molecule has 0 fully saturated rings. The van der Waals surface area contributed by atoms with E-state index in [-0.39, 0.29) is 23.8 Å². The van der Waals surface area contributed by atoms with Crippen LogP contribution < -0.4 is 0 Å². The van der Waals surface area contributed by atoms with Crippen LogP contribution in [-0.4, -0.2) is 49.7 Å². The van der Waals surface area contributed by atoms with Gasteiger partial charge in [0.05, 0.1) is 11.8 Å².